The predicted molar refractivity (Wildman–Crippen MR) is 106 cm³/mol. The average molecular weight is 390 g/mol. The Balaban J connectivity index is 1.66. The molecule has 0 aliphatic heterocycles. The summed E-state index contributed by atoms with van der Waals surface area (Å²) in [6.45, 7) is 7.78. The molecule has 1 atom stereocenters. The molecular weight excluding hydrogens is 366 g/mol. The lowest BCUT2D eigenvalue weighted by atomic mass is 9.89. The smallest absolute Gasteiger partial charge is 0.233 e. The quantitative estimate of drug-likeness (QED) is 0.626. The van der Waals surface area contributed by atoms with Crippen molar-refractivity contribution >= 4 is 44.9 Å². The largest absolute Gasteiger partial charge is 0.343 e. The first kappa shape index (κ1) is 17.7. The first-order valence-electron chi connectivity index (χ1n) is 9.16. The second-order valence-corrected chi connectivity index (χ2v) is 8.83. The predicted octanol–water partition coefficient (Wildman–Crippen LogP) is 3.42. The fraction of sp³-hybridized carbons (Fsp3) is 0.556. The van der Waals surface area contributed by atoms with Crippen molar-refractivity contribution in [2.75, 3.05) is 18.8 Å². The van der Waals surface area contributed by atoms with Crippen LogP contribution in [0.15, 0.2) is 11.5 Å². The van der Waals surface area contributed by atoms with E-state index in [0.29, 0.717) is 5.75 Å². The number of rotatable bonds is 5. The first-order chi connectivity index (χ1) is 12.6. The standard InChI is InChI=1S/C18H23N5OS2/c1-4-22(5-2)14(24)9-25-18-21-20-16-15-12-7-6-11(3)8-13(12)26-17(15)19-10-23(16)18/h10-11H,4-9H2,1-3H3/t11-/m0/s1. The molecule has 1 aliphatic carbocycles. The van der Waals surface area contributed by atoms with Gasteiger partial charge in [0.05, 0.1) is 11.1 Å². The lowest BCUT2D eigenvalue weighted by Crippen LogP contribution is -2.31. The fourth-order valence-corrected chi connectivity index (χ4v) is 5.76. The number of aryl methyl sites for hydroxylation is 1. The van der Waals surface area contributed by atoms with Gasteiger partial charge in [-0.25, -0.2) is 4.98 Å². The van der Waals surface area contributed by atoms with Gasteiger partial charge >= 0.3 is 0 Å². The van der Waals surface area contributed by atoms with Gasteiger partial charge in [0.2, 0.25) is 5.91 Å². The van der Waals surface area contributed by atoms with Crippen LogP contribution >= 0.6 is 23.1 Å². The van der Waals surface area contributed by atoms with Gasteiger partial charge in [0.1, 0.15) is 11.2 Å². The zero-order chi connectivity index (χ0) is 18.3. The Hall–Kier alpha value is -1.67. The highest BCUT2D eigenvalue weighted by molar-refractivity contribution is 7.99. The van der Waals surface area contributed by atoms with Gasteiger partial charge in [0, 0.05) is 18.0 Å². The monoisotopic (exact) mass is 389 g/mol. The van der Waals surface area contributed by atoms with Gasteiger partial charge in [-0.3, -0.25) is 9.20 Å². The van der Waals surface area contributed by atoms with Crippen LogP contribution in [0, 0.1) is 5.92 Å². The maximum atomic E-state index is 12.3. The van der Waals surface area contributed by atoms with Crippen LogP contribution in [0.3, 0.4) is 0 Å². The molecule has 26 heavy (non-hydrogen) atoms. The first-order valence-corrected chi connectivity index (χ1v) is 11.0. The highest BCUT2D eigenvalue weighted by Gasteiger charge is 2.24. The number of aromatic nitrogens is 4. The summed E-state index contributed by atoms with van der Waals surface area (Å²) in [5.41, 5.74) is 2.28. The number of hydrogen-bond acceptors (Lipinski definition) is 6. The normalized spacial score (nSPS) is 17.0. The van der Waals surface area contributed by atoms with E-state index in [1.54, 1.807) is 17.7 Å². The maximum Gasteiger partial charge on any atom is 0.233 e. The summed E-state index contributed by atoms with van der Waals surface area (Å²) in [6.07, 6.45) is 5.24. The summed E-state index contributed by atoms with van der Waals surface area (Å²) >= 11 is 3.23. The van der Waals surface area contributed by atoms with Crippen molar-refractivity contribution in [1.82, 2.24) is 24.5 Å². The third-order valence-corrected chi connectivity index (χ3v) is 7.20. The van der Waals surface area contributed by atoms with Crippen molar-refractivity contribution in [3.8, 4) is 0 Å². The lowest BCUT2D eigenvalue weighted by molar-refractivity contribution is -0.127. The molecule has 3 aromatic rings. The zero-order valence-electron chi connectivity index (χ0n) is 15.4. The van der Waals surface area contributed by atoms with Crippen molar-refractivity contribution in [1.29, 1.82) is 0 Å². The molecule has 0 unspecified atom stereocenters. The number of thiophene rings is 1. The topological polar surface area (TPSA) is 63.4 Å². The van der Waals surface area contributed by atoms with E-state index in [0.717, 1.165) is 52.9 Å². The molecule has 0 saturated heterocycles. The van der Waals surface area contributed by atoms with Gasteiger partial charge in [0.25, 0.3) is 0 Å². The Morgan fingerprint density at radius 1 is 1.38 bits per heavy atom. The van der Waals surface area contributed by atoms with Crippen molar-refractivity contribution in [3.05, 3.63) is 16.8 Å². The van der Waals surface area contributed by atoms with Crippen LogP contribution < -0.4 is 0 Å². The Morgan fingerprint density at radius 2 is 2.19 bits per heavy atom. The van der Waals surface area contributed by atoms with Crippen LogP contribution in [0.1, 0.15) is 37.6 Å². The minimum absolute atomic E-state index is 0.132. The zero-order valence-corrected chi connectivity index (χ0v) is 17.0. The molecule has 0 fully saturated rings. The van der Waals surface area contributed by atoms with E-state index in [2.05, 4.69) is 22.1 Å². The van der Waals surface area contributed by atoms with E-state index < -0.39 is 0 Å². The molecule has 0 N–H and O–H groups in total. The summed E-state index contributed by atoms with van der Waals surface area (Å²) in [6, 6.07) is 0. The molecule has 138 valence electrons. The van der Waals surface area contributed by atoms with E-state index in [9.17, 15) is 4.79 Å². The van der Waals surface area contributed by atoms with Crippen LogP contribution in [-0.4, -0.2) is 49.2 Å². The third kappa shape index (κ3) is 2.99. The molecule has 0 radical (unpaired) electrons. The number of carbonyl (C=O) groups excluding carboxylic acids is 1. The second-order valence-electron chi connectivity index (χ2n) is 6.81. The van der Waals surface area contributed by atoms with Crippen LogP contribution in [0.4, 0.5) is 0 Å². The van der Waals surface area contributed by atoms with E-state index >= 15 is 0 Å². The molecule has 3 heterocycles. The van der Waals surface area contributed by atoms with Gasteiger partial charge in [-0.2, -0.15) is 0 Å². The van der Waals surface area contributed by atoms with Gasteiger partial charge in [-0.05, 0) is 44.6 Å². The summed E-state index contributed by atoms with van der Waals surface area (Å²) in [5.74, 6) is 1.24. The van der Waals surface area contributed by atoms with Gasteiger partial charge in [0.15, 0.2) is 10.8 Å². The molecule has 0 spiro atoms. The molecule has 1 amide bonds. The maximum absolute atomic E-state index is 12.3. The Morgan fingerprint density at radius 3 is 2.96 bits per heavy atom. The Kier molecular flexibility index (Phi) is 4.88. The van der Waals surface area contributed by atoms with Crippen molar-refractivity contribution in [2.24, 2.45) is 5.92 Å². The van der Waals surface area contributed by atoms with Crippen molar-refractivity contribution in [3.63, 3.8) is 0 Å². The molecule has 8 heteroatoms. The van der Waals surface area contributed by atoms with Gasteiger partial charge in [-0.1, -0.05) is 18.7 Å². The Bertz CT molecular complexity index is 959. The van der Waals surface area contributed by atoms with Crippen molar-refractivity contribution in [2.45, 2.75) is 45.2 Å². The Labute approximate surface area is 161 Å². The molecule has 6 nitrogen and oxygen atoms in total. The fourth-order valence-electron chi connectivity index (χ4n) is 3.61. The highest BCUT2D eigenvalue weighted by Crippen LogP contribution is 2.39. The van der Waals surface area contributed by atoms with Gasteiger partial charge < -0.3 is 4.90 Å². The summed E-state index contributed by atoms with van der Waals surface area (Å²) in [7, 11) is 0. The number of fused-ring (bicyclic) bond motifs is 5. The second kappa shape index (κ2) is 7.15. The molecule has 1 aliphatic rings. The number of nitrogens with zero attached hydrogens (tertiary/aromatic N) is 5. The number of thioether (sulfide) groups is 1. The van der Waals surface area contributed by atoms with E-state index in [4.69, 9.17) is 0 Å². The third-order valence-electron chi connectivity index (χ3n) is 5.11. The molecule has 3 aromatic heterocycles. The van der Waals surface area contributed by atoms with E-state index in [1.807, 2.05) is 23.1 Å². The SMILES string of the molecule is CCN(CC)C(=O)CSc1nnc2c3c4c(sc3ncn12)C[C@@H](C)CC4. The van der Waals surface area contributed by atoms with Crippen LogP contribution in [0.25, 0.3) is 15.9 Å². The number of carbonyl (C=O) groups is 1. The van der Waals surface area contributed by atoms with Crippen LogP contribution in [0.2, 0.25) is 0 Å². The number of hydrogen-bond donors (Lipinski definition) is 0. The van der Waals surface area contributed by atoms with E-state index in [-0.39, 0.29) is 5.91 Å². The van der Waals surface area contributed by atoms with E-state index in [1.165, 1.54) is 28.6 Å². The number of amides is 1. The molecule has 0 saturated carbocycles. The average Bonchev–Trinajstić information content (AvgIpc) is 3.20. The summed E-state index contributed by atoms with van der Waals surface area (Å²) in [4.78, 5) is 21.3. The molecule has 0 aromatic carbocycles. The lowest BCUT2D eigenvalue weighted by Gasteiger charge is -2.17. The van der Waals surface area contributed by atoms with Crippen LogP contribution in [-0.2, 0) is 17.6 Å². The molecule has 4 rings (SSSR count). The molecule has 0 bridgehead atoms. The highest BCUT2D eigenvalue weighted by atomic mass is 32.2. The summed E-state index contributed by atoms with van der Waals surface area (Å²) < 4.78 is 1.94. The van der Waals surface area contributed by atoms with Gasteiger partial charge in [-0.15, -0.1) is 21.5 Å². The van der Waals surface area contributed by atoms with Crippen LogP contribution in [0.5, 0.6) is 0 Å². The minimum atomic E-state index is 0.132. The summed E-state index contributed by atoms with van der Waals surface area (Å²) in [5, 5.41) is 10.7. The molecular formula is C18H23N5OS2. The van der Waals surface area contributed by atoms with Crippen molar-refractivity contribution < 1.29 is 4.79 Å². The minimum Gasteiger partial charge on any atom is -0.343 e.